The van der Waals surface area contributed by atoms with Crippen LogP contribution in [0.25, 0.3) is 11.1 Å². The number of alkyl halides is 2. The molecule has 0 amide bonds. The number of halogens is 2. The summed E-state index contributed by atoms with van der Waals surface area (Å²) in [4.78, 5) is -0.398. The molecule has 0 bridgehead atoms. The maximum atomic E-state index is 6.10. The molecule has 0 aromatic heterocycles. The molecule has 0 fully saturated rings. The quantitative estimate of drug-likeness (QED) is 0.648. The van der Waals surface area contributed by atoms with Gasteiger partial charge in [0.1, 0.15) is 4.84 Å². The summed E-state index contributed by atoms with van der Waals surface area (Å²) in [5.41, 5.74) is 4.99. The van der Waals surface area contributed by atoms with Crippen LogP contribution in [0.2, 0.25) is 0 Å². The third-order valence-electron chi connectivity index (χ3n) is 3.13. The Morgan fingerprint density at radius 1 is 0.750 bits per heavy atom. The van der Waals surface area contributed by atoms with Crippen LogP contribution in [0, 0.1) is 0 Å². The van der Waals surface area contributed by atoms with Gasteiger partial charge >= 0.3 is 0 Å². The minimum Gasteiger partial charge on any atom is -0.104 e. The summed E-state index contributed by atoms with van der Waals surface area (Å²) in [6.45, 7) is 0. The largest absolute Gasteiger partial charge is 0.118 e. The molecular formula is C14H10Cl2. The van der Waals surface area contributed by atoms with Crippen LogP contribution in [0.5, 0.6) is 0 Å². The van der Waals surface area contributed by atoms with E-state index in [-0.39, 0.29) is 5.92 Å². The molecule has 2 heteroatoms. The zero-order chi connectivity index (χ0) is 11.1. The molecular weight excluding hydrogens is 239 g/mol. The van der Waals surface area contributed by atoms with Gasteiger partial charge in [0.25, 0.3) is 0 Å². The summed E-state index contributed by atoms with van der Waals surface area (Å²) in [6, 6.07) is 16.6. The van der Waals surface area contributed by atoms with Crippen molar-refractivity contribution in [3.63, 3.8) is 0 Å². The predicted octanol–water partition coefficient (Wildman–Crippen LogP) is 4.60. The number of hydrogen-bond acceptors (Lipinski definition) is 0. The molecule has 1 aliphatic carbocycles. The Morgan fingerprint density at radius 3 is 1.62 bits per heavy atom. The van der Waals surface area contributed by atoms with Gasteiger partial charge in [-0.1, -0.05) is 48.5 Å². The summed E-state index contributed by atoms with van der Waals surface area (Å²) < 4.78 is 0. The molecule has 0 spiro atoms. The fourth-order valence-electron chi connectivity index (χ4n) is 2.47. The molecule has 0 unspecified atom stereocenters. The third-order valence-corrected chi connectivity index (χ3v) is 3.64. The fourth-order valence-corrected chi connectivity index (χ4v) is 3.01. The van der Waals surface area contributed by atoms with Crippen molar-refractivity contribution in [2.24, 2.45) is 0 Å². The Morgan fingerprint density at radius 2 is 1.19 bits per heavy atom. The van der Waals surface area contributed by atoms with Crippen molar-refractivity contribution in [2.75, 3.05) is 0 Å². The molecule has 1 aliphatic rings. The molecule has 0 aliphatic heterocycles. The monoisotopic (exact) mass is 248 g/mol. The van der Waals surface area contributed by atoms with Gasteiger partial charge in [0.15, 0.2) is 0 Å². The van der Waals surface area contributed by atoms with E-state index in [2.05, 4.69) is 36.4 Å². The van der Waals surface area contributed by atoms with Gasteiger partial charge in [-0.05, 0) is 22.3 Å². The molecule has 0 atom stereocenters. The second-order valence-corrected chi connectivity index (χ2v) is 5.15. The molecule has 0 nitrogen and oxygen atoms in total. The molecule has 2 aromatic carbocycles. The summed E-state index contributed by atoms with van der Waals surface area (Å²) in [7, 11) is 0. The zero-order valence-corrected chi connectivity index (χ0v) is 10.0. The normalized spacial score (nSPS) is 13.9. The standard InChI is InChI=1S/C14H10Cl2/c15-14(16)13-11-7-3-1-5-9(11)10-6-2-4-8-12(10)13/h1-8,13-14H. The van der Waals surface area contributed by atoms with Gasteiger partial charge in [-0.25, -0.2) is 0 Å². The van der Waals surface area contributed by atoms with Gasteiger partial charge in [-0.15, -0.1) is 23.2 Å². The average molecular weight is 249 g/mol. The topological polar surface area (TPSA) is 0 Å². The van der Waals surface area contributed by atoms with E-state index in [1.165, 1.54) is 22.3 Å². The number of fused-ring (bicyclic) bond motifs is 3. The van der Waals surface area contributed by atoms with Crippen LogP contribution in [0.15, 0.2) is 48.5 Å². The van der Waals surface area contributed by atoms with Crippen LogP contribution < -0.4 is 0 Å². The SMILES string of the molecule is ClC(Cl)C1c2ccccc2-c2ccccc21. The lowest BCUT2D eigenvalue weighted by Gasteiger charge is -2.13. The van der Waals surface area contributed by atoms with Crippen molar-refractivity contribution in [2.45, 2.75) is 10.8 Å². The molecule has 0 radical (unpaired) electrons. The van der Waals surface area contributed by atoms with Crippen LogP contribution in [0.1, 0.15) is 17.0 Å². The van der Waals surface area contributed by atoms with E-state index in [1.807, 2.05) is 12.1 Å². The van der Waals surface area contributed by atoms with Crippen LogP contribution in [0.4, 0.5) is 0 Å². The Kier molecular flexibility index (Phi) is 2.42. The first-order chi connectivity index (χ1) is 7.79. The number of benzene rings is 2. The van der Waals surface area contributed by atoms with E-state index in [0.717, 1.165) is 0 Å². The molecule has 2 aromatic rings. The number of hydrogen-bond donors (Lipinski definition) is 0. The highest BCUT2D eigenvalue weighted by molar-refractivity contribution is 6.45. The second-order valence-electron chi connectivity index (χ2n) is 3.99. The van der Waals surface area contributed by atoms with Crippen molar-refractivity contribution >= 4 is 23.2 Å². The Bertz CT molecular complexity index is 486. The first-order valence-electron chi connectivity index (χ1n) is 5.25. The van der Waals surface area contributed by atoms with Crippen molar-refractivity contribution in [3.8, 4) is 11.1 Å². The minimum atomic E-state index is -0.398. The Hall–Kier alpha value is -0.980. The molecule has 0 saturated carbocycles. The number of rotatable bonds is 1. The first kappa shape index (κ1) is 10.2. The first-order valence-corrected chi connectivity index (χ1v) is 6.12. The lowest BCUT2D eigenvalue weighted by molar-refractivity contribution is 0.917. The molecule has 0 N–H and O–H groups in total. The van der Waals surface area contributed by atoms with Gasteiger partial charge < -0.3 is 0 Å². The summed E-state index contributed by atoms with van der Waals surface area (Å²) in [5.74, 6) is 0.107. The molecule has 16 heavy (non-hydrogen) atoms. The zero-order valence-electron chi connectivity index (χ0n) is 8.53. The van der Waals surface area contributed by atoms with Crippen molar-refractivity contribution in [1.82, 2.24) is 0 Å². The minimum absolute atomic E-state index is 0.107. The molecule has 3 rings (SSSR count). The summed E-state index contributed by atoms with van der Waals surface area (Å²) in [5, 5.41) is 0. The van der Waals surface area contributed by atoms with Crippen LogP contribution in [-0.4, -0.2) is 4.84 Å². The van der Waals surface area contributed by atoms with Gasteiger partial charge in [-0.2, -0.15) is 0 Å². The van der Waals surface area contributed by atoms with Gasteiger partial charge in [0.05, 0.1) is 0 Å². The van der Waals surface area contributed by atoms with E-state index in [0.29, 0.717) is 0 Å². The van der Waals surface area contributed by atoms with Crippen LogP contribution in [0.3, 0.4) is 0 Å². The van der Waals surface area contributed by atoms with E-state index in [9.17, 15) is 0 Å². The highest BCUT2D eigenvalue weighted by atomic mass is 35.5. The van der Waals surface area contributed by atoms with E-state index in [4.69, 9.17) is 23.2 Å². The fraction of sp³-hybridized carbons (Fsp3) is 0.143. The molecule has 0 saturated heterocycles. The average Bonchev–Trinajstić information content (AvgIpc) is 2.63. The second kappa shape index (κ2) is 3.80. The van der Waals surface area contributed by atoms with Gasteiger partial charge in [0.2, 0.25) is 0 Å². The molecule has 0 heterocycles. The highest BCUT2D eigenvalue weighted by Gasteiger charge is 2.31. The Balaban J connectivity index is 2.30. The van der Waals surface area contributed by atoms with E-state index >= 15 is 0 Å². The third kappa shape index (κ3) is 1.37. The maximum Gasteiger partial charge on any atom is 0.118 e. The van der Waals surface area contributed by atoms with Gasteiger partial charge in [0, 0.05) is 5.92 Å². The lowest BCUT2D eigenvalue weighted by Crippen LogP contribution is -2.05. The molecule has 80 valence electrons. The van der Waals surface area contributed by atoms with Crippen molar-refractivity contribution < 1.29 is 0 Å². The smallest absolute Gasteiger partial charge is 0.104 e. The van der Waals surface area contributed by atoms with Crippen molar-refractivity contribution in [3.05, 3.63) is 59.7 Å². The Labute approximate surface area is 105 Å². The predicted molar refractivity (Wildman–Crippen MR) is 69.2 cm³/mol. The van der Waals surface area contributed by atoms with Gasteiger partial charge in [-0.3, -0.25) is 0 Å². The van der Waals surface area contributed by atoms with Crippen LogP contribution >= 0.6 is 23.2 Å². The van der Waals surface area contributed by atoms with E-state index in [1.54, 1.807) is 0 Å². The van der Waals surface area contributed by atoms with Crippen molar-refractivity contribution in [1.29, 1.82) is 0 Å². The highest BCUT2D eigenvalue weighted by Crippen LogP contribution is 2.48. The van der Waals surface area contributed by atoms with E-state index < -0.39 is 4.84 Å². The summed E-state index contributed by atoms with van der Waals surface area (Å²) >= 11 is 12.2. The summed E-state index contributed by atoms with van der Waals surface area (Å²) in [6.07, 6.45) is 0. The lowest BCUT2D eigenvalue weighted by atomic mass is 9.99. The maximum absolute atomic E-state index is 6.10. The van der Waals surface area contributed by atoms with Crippen LogP contribution in [-0.2, 0) is 0 Å².